The quantitative estimate of drug-likeness (QED) is 0.266. The van der Waals surface area contributed by atoms with Crippen LogP contribution in [-0.2, 0) is 18.3 Å². The fourth-order valence-corrected chi connectivity index (χ4v) is 4.97. The highest BCUT2D eigenvalue weighted by Crippen LogP contribution is 2.46. The highest BCUT2D eigenvalue weighted by molar-refractivity contribution is 6.15. The Labute approximate surface area is 214 Å². The molecule has 0 saturated heterocycles. The van der Waals surface area contributed by atoms with Crippen LogP contribution in [0.15, 0.2) is 83.6 Å². The van der Waals surface area contributed by atoms with Crippen LogP contribution in [0.3, 0.4) is 0 Å². The summed E-state index contributed by atoms with van der Waals surface area (Å²) < 4.78 is 46.4. The van der Waals surface area contributed by atoms with Crippen molar-refractivity contribution in [3.05, 3.63) is 107 Å². The maximum atomic E-state index is 13.7. The molecule has 192 valence electrons. The minimum atomic E-state index is -4.41. The lowest BCUT2D eigenvalue weighted by molar-refractivity contribution is -0.137. The van der Waals surface area contributed by atoms with Crippen LogP contribution >= 0.6 is 0 Å². The van der Waals surface area contributed by atoms with Gasteiger partial charge in [0, 0.05) is 23.5 Å². The molecular formula is C29H21F3N2O4. The molecule has 0 atom stereocenters. The van der Waals surface area contributed by atoms with Gasteiger partial charge in [0.1, 0.15) is 5.58 Å². The fraction of sp³-hybridized carbons (Fsp3) is 0.172. The SMILES string of the molecule is O=C(O)c1ccc(C2(NC(=O)c3cc4occc4c4ccn(Cc5ccc(C(F)(F)F)cc5)c34)CC2)cc1. The molecule has 0 radical (unpaired) electrons. The number of benzene rings is 3. The lowest BCUT2D eigenvalue weighted by atomic mass is 10.0. The molecule has 1 aliphatic rings. The molecule has 1 fully saturated rings. The number of aromatic nitrogens is 1. The van der Waals surface area contributed by atoms with Gasteiger partial charge < -0.3 is 19.4 Å². The number of rotatable bonds is 6. The summed E-state index contributed by atoms with van der Waals surface area (Å²) in [7, 11) is 0. The van der Waals surface area contributed by atoms with E-state index in [2.05, 4.69) is 5.32 Å². The number of hydrogen-bond donors (Lipinski definition) is 2. The van der Waals surface area contributed by atoms with E-state index in [9.17, 15) is 27.9 Å². The van der Waals surface area contributed by atoms with Crippen molar-refractivity contribution in [2.24, 2.45) is 0 Å². The summed E-state index contributed by atoms with van der Waals surface area (Å²) in [6, 6.07) is 16.8. The normalized spacial score (nSPS) is 14.6. The predicted molar refractivity (Wildman–Crippen MR) is 134 cm³/mol. The van der Waals surface area contributed by atoms with Gasteiger partial charge in [-0.2, -0.15) is 13.2 Å². The van der Waals surface area contributed by atoms with Gasteiger partial charge in [0.05, 0.1) is 34.0 Å². The third kappa shape index (κ3) is 4.09. The molecule has 6 nitrogen and oxygen atoms in total. The second-order valence-electron chi connectivity index (χ2n) is 9.58. The molecule has 9 heteroatoms. The zero-order chi connectivity index (χ0) is 26.7. The largest absolute Gasteiger partial charge is 0.478 e. The van der Waals surface area contributed by atoms with E-state index in [1.54, 1.807) is 24.5 Å². The first-order valence-electron chi connectivity index (χ1n) is 12.0. The number of hydrogen-bond acceptors (Lipinski definition) is 3. The maximum Gasteiger partial charge on any atom is 0.416 e. The number of furan rings is 1. The molecule has 0 aliphatic heterocycles. The number of carbonyl (C=O) groups excluding carboxylic acids is 1. The van der Waals surface area contributed by atoms with Crippen LogP contribution in [0.1, 0.15) is 50.2 Å². The smallest absolute Gasteiger partial charge is 0.416 e. The molecule has 2 N–H and O–H groups in total. The first-order valence-corrected chi connectivity index (χ1v) is 12.0. The van der Waals surface area contributed by atoms with E-state index in [0.717, 1.165) is 28.5 Å². The summed E-state index contributed by atoms with van der Waals surface area (Å²) in [5, 5.41) is 13.9. The van der Waals surface area contributed by atoms with Crippen LogP contribution in [0.2, 0.25) is 0 Å². The number of carboxylic acid groups (broad SMARTS) is 1. The summed E-state index contributed by atoms with van der Waals surface area (Å²) in [6.45, 7) is 0.271. The second kappa shape index (κ2) is 8.51. The Balaban J connectivity index is 1.36. The average molecular weight is 518 g/mol. The Bertz CT molecular complexity index is 1690. The minimum Gasteiger partial charge on any atom is -0.478 e. The van der Waals surface area contributed by atoms with Crippen LogP contribution in [-0.4, -0.2) is 21.6 Å². The number of carboxylic acids is 1. The lowest BCUT2D eigenvalue weighted by Crippen LogP contribution is -2.35. The van der Waals surface area contributed by atoms with E-state index in [-0.39, 0.29) is 18.0 Å². The van der Waals surface area contributed by atoms with E-state index >= 15 is 0 Å². The first kappa shape index (κ1) is 23.8. The van der Waals surface area contributed by atoms with Gasteiger partial charge >= 0.3 is 12.1 Å². The number of carbonyl (C=O) groups is 2. The minimum absolute atomic E-state index is 0.168. The maximum absolute atomic E-state index is 13.7. The molecule has 1 amide bonds. The summed E-state index contributed by atoms with van der Waals surface area (Å²) in [5.41, 5.74) is 1.92. The number of amides is 1. The van der Waals surface area contributed by atoms with Gasteiger partial charge in [-0.25, -0.2) is 4.79 Å². The van der Waals surface area contributed by atoms with Crippen molar-refractivity contribution in [2.45, 2.75) is 31.1 Å². The van der Waals surface area contributed by atoms with Crippen molar-refractivity contribution in [1.29, 1.82) is 0 Å². The third-order valence-electron chi connectivity index (χ3n) is 7.15. The lowest BCUT2D eigenvalue weighted by Gasteiger charge is -2.19. The summed E-state index contributed by atoms with van der Waals surface area (Å²) in [5.74, 6) is -1.34. The molecule has 38 heavy (non-hydrogen) atoms. The third-order valence-corrected chi connectivity index (χ3v) is 7.15. The van der Waals surface area contributed by atoms with Crippen molar-refractivity contribution < 1.29 is 32.3 Å². The first-order chi connectivity index (χ1) is 18.1. The highest BCUT2D eigenvalue weighted by Gasteiger charge is 2.46. The monoisotopic (exact) mass is 518 g/mol. The number of nitrogens with zero attached hydrogens (tertiary/aromatic N) is 1. The van der Waals surface area contributed by atoms with Crippen molar-refractivity contribution >= 4 is 33.7 Å². The summed E-state index contributed by atoms with van der Waals surface area (Å²) >= 11 is 0. The van der Waals surface area contributed by atoms with Gasteiger partial charge in [0.2, 0.25) is 0 Å². The van der Waals surface area contributed by atoms with Gasteiger partial charge in [-0.05, 0) is 66.4 Å². The van der Waals surface area contributed by atoms with Crippen molar-refractivity contribution in [3.8, 4) is 0 Å². The van der Waals surface area contributed by atoms with Crippen molar-refractivity contribution in [2.75, 3.05) is 0 Å². The van der Waals surface area contributed by atoms with E-state index in [1.165, 1.54) is 24.3 Å². The fourth-order valence-electron chi connectivity index (χ4n) is 4.97. The topological polar surface area (TPSA) is 84.5 Å². The predicted octanol–water partition coefficient (Wildman–Crippen LogP) is 6.57. The number of halogens is 3. The Morgan fingerprint density at radius 3 is 2.32 bits per heavy atom. The van der Waals surface area contributed by atoms with Crippen LogP contribution in [0, 0.1) is 0 Å². The molecule has 2 heterocycles. The molecule has 0 bridgehead atoms. The molecule has 2 aromatic heterocycles. The molecule has 5 aromatic rings. The Kier molecular flexibility index (Phi) is 5.34. The summed E-state index contributed by atoms with van der Waals surface area (Å²) in [4.78, 5) is 24.9. The van der Waals surface area contributed by atoms with Gasteiger partial charge in [0.25, 0.3) is 5.91 Å². The number of aromatic carboxylic acids is 1. The number of alkyl halides is 3. The van der Waals surface area contributed by atoms with Gasteiger partial charge in [-0.1, -0.05) is 24.3 Å². The van der Waals surface area contributed by atoms with Crippen molar-refractivity contribution in [1.82, 2.24) is 9.88 Å². The van der Waals surface area contributed by atoms with Crippen LogP contribution in [0.4, 0.5) is 13.2 Å². The van der Waals surface area contributed by atoms with E-state index in [0.29, 0.717) is 35.1 Å². The standard InChI is InChI=1S/C29H21F3N2O4/c30-29(31,32)20-5-1-17(2-6-20)16-34-13-9-22-21-10-14-38-24(21)15-23(25(22)34)26(35)33-28(11-12-28)19-7-3-18(4-8-19)27(36)37/h1-10,13-15H,11-12,16H2,(H,33,35)(H,36,37). The van der Waals surface area contributed by atoms with E-state index < -0.39 is 23.2 Å². The van der Waals surface area contributed by atoms with Crippen molar-refractivity contribution in [3.63, 3.8) is 0 Å². The van der Waals surface area contributed by atoms with Gasteiger partial charge in [0.15, 0.2) is 0 Å². The molecule has 3 aromatic carbocycles. The zero-order valence-corrected chi connectivity index (χ0v) is 19.9. The molecule has 0 unspecified atom stereocenters. The Morgan fingerprint density at radius 1 is 0.974 bits per heavy atom. The highest BCUT2D eigenvalue weighted by atomic mass is 19.4. The van der Waals surface area contributed by atoms with Gasteiger partial charge in [-0.15, -0.1) is 0 Å². The van der Waals surface area contributed by atoms with Crippen LogP contribution < -0.4 is 5.32 Å². The molecule has 0 spiro atoms. The van der Waals surface area contributed by atoms with E-state index in [4.69, 9.17) is 4.42 Å². The van der Waals surface area contributed by atoms with E-state index in [1.807, 2.05) is 22.9 Å². The average Bonchev–Trinajstić information content (AvgIpc) is 3.30. The molecule has 6 rings (SSSR count). The van der Waals surface area contributed by atoms with Gasteiger partial charge in [-0.3, -0.25) is 4.79 Å². The number of fused-ring (bicyclic) bond motifs is 3. The Hall–Kier alpha value is -4.53. The van der Waals surface area contributed by atoms with Crippen LogP contribution in [0.5, 0.6) is 0 Å². The number of nitrogens with one attached hydrogen (secondary N) is 1. The molecular weight excluding hydrogens is 497 g/mol. The summed E-state index contributed by atoms with van der Waals surface area (Å²) in [6.07, 6.45) is 0.367. The molecule has 1 saturated carbocycles. The van der Waals surface area contributed by atoms with Crippen LogP contribution in [0.25, 0.3) is 21.9 Å². The second-order valence-corrected chi connectivity index (χ2v) is 9.58. The zero-order valence-electron chi connectivity index (χ0n) is 19.9. The molecule has 1 aliphatic carbocycles. The Morgan fingerprint density at radius 2 is 1.68 bits per heavy atom.